The van der Waals surface area contributed by atoms with Crippen molar-refractivity contribution >= 4 is 11.6 Å². The minimum Gasteiger partial charge on any atom is -0.306 e. The van der Waals surface area contributed by atoms with Crippen LogP contribution >= 0.6 is 0 Å². The third-order valence-corrected chi connectivity index (χ3v) is 3.50. The van der Waals surface area contributed by atoms with Crippen LogP contribution in [0.1, 0.15) is 23.0 Å². The fraction of sp³-hybridized carbons (Fsp3) is 0.176. The van der Waals surface area contributed by atoms with Crippen LogP contribution in [0, 0.1) is 6.92 Å². The number of anilines is 1. The van der Waals surface area contributed by atoms with Crippen molar-refractivity contribution in [2.24, 2.45) is 0 Å². The first-order valence-corrected chi connectivity index (χ1v) is 7.40. The average Bonchev–Trinajstić information content (AvgIpc) is 3.06. The molecular weight excluding hydrogens is 290 g/mol. The van der Waals surface area contributed by atoms with E-state index in [4.69, 9.17) is 0 Å². The summed E-state index contributed by atoms with van der Waals surface area (Å²) in [5.74, 6) is -0.195. The van der Waals surface area contributed by atoms with Crippen LogP contribution in [0.5, 0.6) is 0 Å². The Bertz CT molecular complexity index is 813. The fourth-order valence-electron chi connectivity index (χ4n) is 2.35. The maximum atomic E-state index is 12.7. The number of hydrogen-bond acceptors (Lipinski definition) is 4. The lowest BCUT2D eigenvalue weighted by atomic mass is 10.2. The molecule has 0 N–H and O–H groups in total. The van der Waals surface area contributed by atoms with Crippen molar-refractivity contribution in [3.63, 3.8) is 0 Å². The van der Waals surface area contributed by atoms with Crippen molar-refractivity contribution in [1.82, 2.24) is 20.0 Å². The van der Waals surface area contributed by atoms with E-state index in [1.165, 1.54) is 0 Å². The Kier molecular flexibility index (Phi) is 4.14. The lowest BCUT2D eigenvalue weighted by Crippen LogP contribution is -2.31. The molecule has 1 amide bonds. The number of rotatable bonds is 4. The number of pyridine rings is 1. The van der Waals surface area contributed by atoms with Gasteiger partial charge in [0.1, 0.15) is 0 Å². The molecule has 3 aromatic rings. The van der Waals surface area contributed by atoms with Crippen LogP contribution < -0.4 is 4.90 Å². The summed E-state index contributed by atoms with van der Waals surface area (Å²) in [4.78, 5) is 18.3. The topological polar surface area (TPSA) is 63.9 Å². The second-order valence-electron chi connectivity index (χ2n) is 5.15. The Morgan fingerprint density at radius 2 is 2.13 bits per heavy atom. The number of aromatic nitrogens is 4. The van der Waals surface area contributed by atoms with E-state index < -0.39 is 0 Å². The molecule has 116 valence electrons. The summed E-state index contributed by atoms with van der Waals surface area (Å²) in [6.07, 6.45) is 4.98. The quantitative estimate of drug-likeness (QED) is 0.743. The highest BCUT2D eigenvalue weighted by Crippen LogP contribution is 2.15. The summed E-state index contributed by atoms with van der Waals surface area (Å²) < 4.78 is 1.61. The molecule has 0 saturated heterocycles. The van der Waals surface area contributed by atoms with Gasteiger partial charge in [0.2, 0.25) is 0 Å². The minimum absolute atomic E-state index is 0.195. The van der Waals surface area contributed by atoms with E-state index in [0.29, 0.717) is 12.2 Å². The van der Waals surface area contributed by atoms with Crippen LogP contribution in [-0.2, 0) is 0 Å². The third-order valence-electron chi connectivity index (χ3n) is 3.50. The van der Waals surface area contributed by atoms with E-state index in [0.717, 1.165) is 16.9 Å². The van der Waals surface area contributed by atoms with E-state index in [9.17, 15) is 4.79 Å². The number of nitrogens with zero attached hydrogens (tertiary/aromatic N) is 5. The Labute approximate surface area is 134 Å². The maximum Gasteiger partial charge on any atom is 0.280 e. The zero-order chi connectivity index (χ0) is 16.2. The van der Waals surface area contributed by atoms with Gasteiger partial charge in [0.25, 0.3) is 5.91 Å². The summed E-state index contributed by atoms with van der Waals surface area (Å²) in [5, 5.41) is 8.08. The molecule has 0 spiro atoms. The predicted molar refractivity (Wildman–Crippen MR) is 87.7 cm³/mol. The van der Waals surface area contributed by atoms with E-state index >= 15 is 0 Å². The summed E-state index contributed by atoms with van der Waals surface area (Å²) in [7, 11) is 0. The van der Waals surface area contributed by atoms with Gasteiger partial charge in [-0.1, -0.05) is 17.3 Å². The molecule has 0 aliphatic heterocycles. The van der Waals surface area contributed by atoms with Crippen molar-refractivity contribution < 1.29 is 4.79 Å². The lowest BCUT2D eigenvalue weighted by Gasteiger charge is -2.18. The van der Waals surface area contributed by atoms with E-state index in [1.54, 1.807) is 34.2 Å². The monoisotopic (exact) mass is 307 g/mol. The van der Waals surface area contributed by atoms with Crippen molar-refractivity contribution in [2.45, 2.75) is 13.8 Å². The van der Waals surface area contributed by atoms with Gasteiger partial charge in [-0.3, -0.25) is 9.78 Å². The first kappa shape index (κ1) is 14.9. The highest BCUT2D eigenvalue weighted by Gasteiger charge is 2.19. The number of carbonyl (C=O) groups is 1. The zero-order valence-electron chi connectivity index (χ0n) is 13.0. The average molecular weight is 307 g/mol. The molecule has 2 aromatic heterocycles. The van der Waals surface area contributed by atoms with Crippen LogP contribution in [0.3, 0.4) is 0 Å². The maximum absolute atomic E-state index is 12.7. The lowest BCUT2D eigenvalue weighted by molar-refractivity contribution is 0.0983. The standard InChI is InChI=1S/C17H17N5O/c1-3-21(15-8-5-9-18-11-15)17(23)16-12-22(20-19-16)14-7-4-6-13(2)10-14/h4-12H,3H2,1-2H3. The number of amides is 1. The van der Waals surface area contributed by atoms with Gasteiger partial charge in [-0.15, -0.1) is 5.10 Å². The zero-order valence-corrected chi connectivity index (χ0v) is 13.0. The van der Waals surface area contributed by atoms with Gasteiger partial charge in [-0.05, 0) is 43.7 Å². The van der Waals surface area contributed by atoms with E-state index in [-0.39, 0.29) is 5.91 Å². The second-order valence-corrected chi connectivity index (χ2v) is 5.15. The molecule has 6 heteroatoms. The van der Waals surface area contributed by atoms with E-state index in [1.807, 2.05) is 44.2 Å². The van der Waals surface area contributed by atoms with Crippen LogP contribution in [0.2, 0.25) is 0 Å². The summed E-state index contributed by atoms with van der Waals surface area (Å²) in [6.45, 7) is 4.45. The number of hydrogen-bond donors (Lipinski definition) is 0. The normalized spacial score (nSPS) is 10.5. The molecule has 3 rings (SSSR count). The number of aryl methyl sites for hydroxylation is 1. The molecule has 1 aromatic carbocycles. The Morgan fingerprint density at radius 3 is 2.83 bits per heavy atom. The molecule has 0 unspecified atom stereocenters. The van der Waals surface area contributed by atoms with Crippen LogP contribution in [0.25, 0.3) is 5.69 Å². The Balaban J connectivity index is 1.89. The highest BCUT2D eigenvalue weighted by atomic mass is 16.2. The molecule has 0 radical (unpaired) electrons. The Morgan fingerprint density at radius 1 is 1.26 bits per heavy atom. The van der Waals surface area contributed by atoms with Crippen LogP contribution in [0.15, 0.2) is 55.0 Å². The SMILES string of the molecule is CCN(C(=O)c1cn(-c2cccc(C)c2)nn1)c1cccnc1. The van der Waals surface area contributed by atoms with Crippen molar-refractivity contribution in [3.05, 3.63) is 66.2 Å². The van der Waals surface area contributed by atoms with Gasteiger partial charge in [0.15, 0.2) is 5.69 Å². The molecule has 0 aliphatic carbocycles. The number of carbonyl (C=O) groups excluding carboxylic acids is 1. The third kappa shape index (κ3) is 3.11. The smallest absolute Gasteiger partial charge is 0.280 e. The molecule has 23 heavy (non-hydrogen) atoms. The van der Waals surface area contributed by atoms with Gasteiger partial charge in [-0.25, -0.2) is 4.68 Å². The fourth-order valence-corrected chi connectivity index (χ4v) is 2.35. The largest absolute Gasteiger partial charge is 0.306 e. The molecule has 0 saturated carbocycles. The van der Waals surface area contributed by atoms with Crippen molar-refractivity contribution in [1.29, 1.82) is 0 Å². The van der Waals surface area contributed by atoms with Crippen LogP contribution in [-0.4, -0.2) is 32.4 Å². The van der Waals surface area contributed by atoms with Gasteiger partial charge >= 0.3 is 0 Å². The van der Waals surface area contributed by atoms with Crippen molar-refractivity contribution in [2.75, 3.05) is 11.4 Å². The summed E-state index contributed by atoms with van der Waals surface area (Å²) >= 11 is 0. The predicted octanol–water partition coefficient (Wildman–Crippen LogP) is 2.64. The first-order chi connectivity index (χ1) is 11.2. The van der Waals surface area contributed by atoms with E-state index in [2.05, 4.69) is 15.3 Å². The molecule has 6 nitrogen and oxygen atoms in total. The van der Waals surface area contributed by atoms with Crippen molar-refractivity contribution in [3.8, 4) is 5.69 Å². The van der Waals surface area contributed by atoms with Crippen LogP contribution in [0.4, 0.5) is 5.69 Å². The second kappa shape index (κ2) is 6.39. The van der Waals surface area contributed by atoms with Gasteiger partial charge in [-0.2, -0.15) is 0 Å². The first-order valence-electron chi connectivity index (χ1n) is 7.40. The molecule has 0 bridgehead atoms. The molecule has 0 atom stereocenters. The molecule has 0 fully saturated rings. The molecule has 2 heterocycles. The Hall–Kier alpha value is -3.02. The molecular formula is C17H17N5O. The summed E-state index contributed by atoms with van der Waals surface area (Å²) in [5.41, 5.74) is 3.04. The number of benzene rings is 1. The van der Waals surface area contributed by atoms with Gasteiger partial charge in [0, 0.05) is 12.7 Å². The molecule has 0 aliphatic rings. The van der Waals surface area contributed by atoms with Gasteiger partial charge < -0.3 is 4.90 Å². The highest BCUT2D eigenvalue weighted by molar-refractivity contribution is 6.04. The minimum atomic E-state index is -0.195. The van der Waals surface area contributed by atoms with Gasteiger partial charge in [0.05, 0.1) is 23.8 Å². The summed E-state index contributed by atoms with van der Waals surface area (Å²) in [6, 6.07) is 11.5.